The first kappa shape index (κ1) is 29.1. The first-order chi connectivity index (χ1) is 20.4. The van der Waals surface area contributed by atoms with Gasteiger partial charge in [0.2, 0.25) is 5.91 Å². The van der Waals surface area contributed by atoms with Crippen LogP contribution in [0.4, 0.5) is 10.1 Å². The smallest absolute Gasteiger partial charge is 0.234 e. The van der Waals surface area contributed by atoms with Crippen LogP contribution in [-0.4, -0.2) is 30.3 Å². The first-order valence-electron chi connectivity index (χ1n) is 13.9. The van der Waals surface area contributed by atoms with Gasteiger partial charge in [-0.05, 0) is 60.0 Å². The standard InChI is InChI=1S/C34H32FN3O3S/c1-3-16-36-22-23-9-12-25(13-10-23)32-21-29-34(42-32)31(15-17-37-29)41-30-14-11-24(19-28(30)35)18-27(39)20-33(40)38(2)26-7-5-4-6-8-26/h4-15,17,19,21,36H,3,16,18,20,22H2,1-2H3. The lowest BCUT2D eigenvalue weighted by Gasteiger charge is -2.16. The zero-order chi connectivity index (χ0) is 29.5. The van der Waals surface area contributed by atoms with E-state index in [1.165, 1.54) is 22.6 Å². The van der Waals surface area contributed by atoms with Gasteiger partial charge in [0.1, 0.15) is 11.5 Å². The molecule has 1 N–H and O–H groups in total. The van der Waals surface area contributed by atoms with Crippen molar-refractivity contribution >= 4 is 38.9 Å². The number of thiophene rings is 1. The van der Waals surface area contributed by atoms with E-state index >= 15 is 4.39 Å². The quantitative estimate of drug-likeness (QED) is 0.122. The number of carbonyl (C=O) groups excluding carboxylic acids is 2. The maximum absolute atomic E-state index is 15.1. The maximum Gasteiger partial charge on any atom is 0.234 e. The van der Waals surface area contributed by atoms with Gasteiger partial charge in [-0.1, -0.05) is 55.5 Å². The number of nitrogens with one attached hydrogen (secondary N) is 1. The zero-order valence-electron chi connectivity index (χ0n) is 23.6. The Labute approximate surface area is 248 Å². The Hall–Kier alpha value is -4.40. The number of hydrogen-bond donors (Lipinski definition) is 1. The Morgan fingerprint density at radius 1 is 0.952 bits per heavy atom. The highest BCUT2D eigenvalue weighted by Gasteiger charge is 2.17. The number of carbonyl (C=O) groups is 2. The van der Waals surface area contributed by atoms with Crippen LogP contribution in [0.25, 0.3) is 20.7 Å². The Morgan fingerprint density at radius 3 is 2.45 bits per heavy atom. The van der Waals surface area contributed by atoms with Crippen LogP contribution in [0.3, 0.4) is 0 Å². The van der Waals surface area contributed by atoms with Crippen LogP contribution in [0.1, 0.15) is 30.9 Å². The second-order valence-electron chi connectivity index (χ2n) is 10.1. The van der Waals surface area contributed by atoms with Gasteiger partial charge in [-0.3, -0.25) is 14.6 Å². The van der Waals surface area contributed by atoms with Crippen LogP contribution in [0.5, 0.6) is 11.5 Å². The number of pyridine rings is 1. The van der Waals surface area contributed by atoms with Crippen molar-refractivity contribution in [3.8, 4) is 21.9 Å². The van der Waals surface area contributed by atoms with Gasteiger partial charge in [0.25, 0.3) is 0 Å². The van der Waals surface area contributed by atoms with Crippen LogP contribution in [0.15, 0.2) is 91.1 Å². The number of halogens is 1. The summed E-state index contributed by atoms with van der Waals surface area (Å²) >= 11 is 1.54. The zero-order valence-corrected chi connectivity index (χ0v) is 24.4. The van der Waals surface area contributed by atoms with Crippen LogP contribution in [0, 0.1) is 5.82 Å². The average molecular weight is 582 g/mol. The summed E-state index contributed by atoms with van der Waals surface area (Å²) in [5.74, 6) is -0.625. The lowest BCUT2D eigenvalue weighted by atomic mass is 10.1. The van der Waals surface area contributed by atoms with Crippen molar-refractivity contribution in [2.24, 2.45) is 0 Å². The number of Topliss-reactive ketones (excluding diaryl/α,β-unsaturated/α-hetero) is 1. The molecule has 0 unspecified atom stereocenters. The molecule has 0 spiro atoms. The lowest BCUT2D eigenvalue weighted by Crippen LogP contribution is -2.28. The molecular weight excluding hydrogens is 549 g/mol. The molecule has 2 heterocycles. The van der Waals surface area contributed by atoms with Crippen molar-refractivity contribution in [2.45, 2.75) is 32.7 Å². The van der Waals surface area contributed by atoms with Gasteiger partial charge in [0.15, 0.2) is 11.6 Å². The van der Waals surface area contributed by atoms with Crippen molar-refractivity contribution in [1.82, 2.24) is 10.3 Å². The van der Waals surface area contributed by atoms with Crippen LogP contribution < -0.4 is 15.0 Å². The van der Waals surface area contributed by atoms with E-state index in [-0.39, 0.29) is 30.3 Å². The van der Waals surface area contributed by atoms with Gasteiger partial charge in [-0.15, -0.1) is 11.3 Å². The van der Waals surface area contributed by atoms with Gasteiger partial charge in [-0.2, -0.15) is 0 Å². The Kier molecular flexibility index (Phi) is 9.36. The molecule has 8 heteroatoms. The number of para-hydroxylation sites is 1. The number of fused-ring (bicyclic) bond motifs is 1. The monoisotopic (exact) mass is 581 g/mol. The average Bonchev–Trinajstić information content (AvgIpc) is 3.44. The van der Waals surface area contributed by atoms with E-state index in [2.05, 4.69) is 41.5 Å². The molecule has 214 valence electrons. The number of nitrogens with zero attached hydrogens (tertiary/aromatic N) is 2. The fourth-order valence-electron chi connectivity index (χ4n) is 4.56. The first-order valence-corrected chi connectivity index (χ1v) is 14.7. The van der Waals surface area contributed by atoms with Crippen molar-refractivity contribution in [3.63, 3.8) is 0 Å². The number of benzene rings is 3. The van der Waals surface area contributed by atoms with E-state index < -0.39 is 5.82 Å². The van der Waals surface area contributed by atoms with Gasteiger partial charge in [-0.25, -0.2) is 4.39 Å². The van der Waals surface area contributed by atoms with E-state index in [0.29, 0.717) is 17.0 Å². The minimum atomic E-state index is -0.581. The van der Waals surface area contributed by atoms with Crippen molar-refractivity contribution in [1.29, 1.82) is 0 Å². The van der Waals surface area contributed by atoms with E-state index in [0.717, 1.165) is 40.2 Å². The predicted molar refractivity (Wildman–Crippen MR) is 167 cm³/mol. The molecule has 6 nitrogen and oxygen atoms in total. The predicted octanol–water partition coefficient (Wildman–Crippen LogP) is 7.56. The minimum Gasteiger partial charge on any atom is -0.453 e. The SMILES string of the molecule is CCCNCc1ccc(-c2cc3nccc(Oc4ccc(CC(=O)CC(=O)N(C)c5ccccc5)cc4F)c3s2)cc1. The lowest BCUT2D eigenvalue weighted by molar-refractivity contribution is -0.126. The molecule has 5 rings (SSSR count). The Balaban J connectivity index is 1.25. The fraction of sp³-hybridized carbons (Fsp3) is 0.206. The normalized spacial score (nSPS) is 11.0. The van der Waals surface area contributed by atoms with E-state index in [1.54, 1.807) is 48.8 Å². The van der Waals surface area contributed by atoms with Gasteiger partial charge in [0.05, 0.1) is 16.6 Å². The molecule has 5 aromatic rings. The van der Waals surface area contributed by atoms with Gasteiger partial charge < -0.3 is 15.0 Å². The van der Waals surface area contributed by atoms with E-state index in [1.807, 2.05) is 24.3 Å². The third-order valence-corrected chi connectivity index (χ3v) is 8.04. The molecule has 0 fully saturated rings. The molecule has 0 aliphatic heterocycles. The molecule has 0 radical (unpaired) electrons. The second-order valence-corrected chi connectivity index (χ2v) is 11.1. The number of amides is 1. The highest BCUT2D eigenvalue weighted by molar-refractivity contribution is 7.22. The third kappa shape index (κ3) is 7.08. The van der Waals surface area contributed by atoms with Crippen LogP contribution in [-0.2, 0) is 22.6 Å². The number of ether oxygens (including phenoxy) is 1. The van der Waals surface area contributed by atoms with Gasteiger partial charge >= 0.3 is 0 Å². The summed E-state index contributed by atoms with van der Waals surface area (Å²) in [4.78, 5) is 32.1. The van der Waals surface area contributed by atoms with Crippen LogP contribution in [0.2, 0.25) is 0 Å². The summed E-state index contributed by atoms with van der Waals surface area (Å²) in [5, 5.41) is 3.41. The van der Waals surface area contributed by atoms with E-state index in [4.69, 9.17) is 4.74 Å². The molecule has 0 aliphatic rings. The molecule has 3 aromatic carbocycles. The molecule has 2 aromatic heterocycles. The summed E-state index contributed by atoms with van der Waals surface area (Å²) in [5.41, 5.74) is 4.26. The number of anilines is 1. The highest BCUT2D eigenvalue weighted by atomic mass is 32.1. The number of ketones is 1. The summed E-state index contributed by atoms with van der Waals surface area (Å²) in [6.07, 6.45) is 2.43. The number of aromatic nitrogens is 1. The molecule has 0 bridgehead atoms. The molecular formula is C34H32FN3O3S. The molecule has 0 aliphatic carbocycles. The van der Waals surface area contributed by atoms with Crippen molar-refractivity contribution in [3.05, 3.63) is 108 Å². The molecule has 1 amide bonds. The largest absolute Gasteiger partial charge is 0.453 e. The number of rotatable bonds is 12. The van der Waals surface area contributed by atoms with Gasteiger partial charge in [0, 0.05) is 42.8 Å². The fourth-order valence-corrected chi connectivity index (χ4v) is 5.63. The van der Waals surface area contributed by atoms with Crippen molar-refractivity contribution in [2.75, 3.05) is 18.5 Å². The second kappa shape index (κ2) is 13.5. The molecule has 42 heavy (non-hydrogen) atoms. The topological polar surface area (TPSA) is 71.5 Å². The highest BCUT2D eigenvalue weighted by Crippen LogP contribution is 2.39. The van der Waals surface area contributed by atoms with Crippen molar-refractivity contribution < 1.29 is 18.7 Å². The number of hydrogen-bond acceptors (Lipinski definition) is 6. The van der Waals surface area contributed by atoms with E-state index in [9.17, 15) is 9.59 Å². The summed E-state index contributed by atoms with van der Waals surface area (Å²) in [6, 6.07) is 25.7. The summed E-state index contributed by atoms with van der Waals surface area (Å²) in [6.45, 7) is 3.97. The maximum atomic E-state index is 15.1. The van der Waals surface area contributed by atoms with Crippen LogP contribution >= 0.6 is 11.3 Å². The minimum absolute atomic E-state index is 0.0488. The molecule has 0 saturated heterocycles. The molecule has 0 atom stereocenters. The summed E-state index contributed by atoms with van der Waals surface area (Å²) in [7, 11) is 1.63. The third-order valence-electron chi connectivity index (χ3n) is 6.85. The summed E-state index contributed by atoms with van der Waals surface area (Å²) < 4.78 is 21.9. The Morgan fingerprint density at radius 2 is 1.71 bits per heavy atom. The Bertz CT molecular complexity index is 1690. The molecule has 0 saturated carbocycles.